The van der Waals surface area contributed by atoms with E-state index in [0.29, 0.717) is 13.0 Å². The van der Waals surface area contributed by atoms with Gasteiger partial charge in [0.1, 0.15) is 12.0 Å². The van der Waals surface area contributed by atoms with E-state index < -0.39 is 10.8 Å². The first-order valence-electron chi connectivity index (χ1n) is 6.33. The minimum absolute atomic E-state index is 0.0127. The monoisotopic (exact) mass is 293 g/mol. The van der Waals surface area contributed by atoms with Gasteiger partial charge in [0.2, 0.25) is 5.91 Å². The van der Waals surface area contributed by atoms with Gasteiger partial charge in [0.25, 0.3) is 11.6 Å². The second kappa shape index (κ2) is 5.73. The quantitative estimate of drug-likeness (QED) is 0.598. The van der Waals surface area contributed by atoms with E-state index in [2.05, 4.69) is 10.3 Å². The third kappa shape index (κ3) is 3.25. The van der Waals surface area contributed by atoms with Crippen LogP contribution in [0.25, 0.3) is 0 Å². The summed E-state index contributed by atoms with van der Waals surface area (Å²) >= 11 is 0. The topological polar surface area (TPSA) is 131 Å². The molecule has 21 heavy (non-hydrogen) atoms. The summed E-state index contributed by atoms with van der Waals surface area (Å²) in [7, 11) is 1.72. The predicted octanol–water partition coefficient (Wildman–Crippen LogP) is 0.121. The summed E-state index contributed by atoms with van der Waals surface area (Å²) < 4.78 is 0. The molecule has 9 nitrogen and oxygen atoms in total. The van der Waals surface area contributed by atoms with Gasteiger partial charge in [0.15, 0.2) is 0 Å². The Bertz CT molecular complexity index is 603. The third-order valence-corrected chi connectivity index (χ3v) is 3.35. The van der Waals surface area contributed by atoms with E-state index in [1.807, 2.05) is 0 Å². The SMILES string of the molecule is CN1CCC(Nc2ncc([N+](=O)[O-])cc2C(N)=O)CC1=O. The van der Waals surface area contributed by atoms with Gasteiger partial charge in [-0.1, -0.05) is 0 Å². The summed E-state index contributed by atoms with van der Waals surface area (Å²) in [4.78, 5) is 38.6. The van der Waals surface area contributed by atoms with E-state index >= 15 is 0 Å². The highest BCUT2D eigenvalue weighted by Crippen LogP contribution is 2.22. The van der Waals surface area contributed by atoms with Gasteiger partial charge in [-0.25, -0.2) is 4.98 Å². The van der Waals surface area contributed by atoms with Gasteiger partial charge in [0, 0.05) is 32.1 Å². The van der Waals surface area contributed by atoms with Gasteiger partial charge >= 0.3 is 0 Å². The first-order valence-corrected chi connectivity index (χ1v) is 6.33. The van der Waals surface area contributed by atoms with Crippen molar-refractivity contribution < 1.29 is 14.5 Å². The Labute approximate surface area is 120 Å². The number of nitrogens with two attached hydrogens (primary N) is 1. The first-order chi connectivity index (χ1) is 9.88. The average molecular weight is 293 g/mol. The van der Waals surface area contributed by atoms with Crippen LogP contribution in [0.15, 0.2) is 12.3 Å². The smallest absolute Gasteiger partial charge is 0.288 e. The number of piperidine rings is 1. The van der Waals surface area contributed by atoms with Gasteiger partial charge in [-0.05, 0) is 6.42 Å². The van der Waals surface area contributed by atoms with E-state index in [9.17, 15) is 19.7 Å². The lowest BCUT2D eigenvalue weighted by Crippen LogP contribution is -2.41. The molecule has 0 saturated carbocycles. The Balaban J connectivity index is 2.21. The number of hydrogen-bond acceptors (Lipinski definition) is 6. The summed E-state index contributed by atoms with van der Waals surface area (Å²) in [5.74, 6) is -0.662. The van der Waals surface area contributed by atoms with E-state index in [0.717, 1.165) is 12.3 Å². The van der Waals surface area contributed by atoms with Gasteiger partial charge in [-0.2, -0.15) is 0 Å². The van der Waals surface area contributed by atoms with Crippen molar-refractivity contribution in [3.8, 4) is 0 Å². The molecule has 2 heterocycles. The van der Waals surface area contributed by atoms with E-state index in [1.165, 1.54) is 0 Å². The van der Waals surface area contributed by atoms with Crippen LogP contribution in [-0.4, -0.2) is 46.3 Å². The number of nitro groups is 1. The Hall–Kier alpha value is -2.71. The van der Waals surface area contributed by atoms with Crippen LogP contribution in [0.5, 0.6) is 0 Å². The fraction of sp³-hybridized carbons (Fsp3) is 0.417. The number of anilines is 1. The first kappa shape index (κ1) is 14.7. The normalized spacial score (nSPS) is 18.4. The highest BCUT2D eigenvalue weighted by atomic mass is 16.6. The van der Waals surface area contributed by atoms with E-state index in [1.54, 1.807) is 11.9 Å². The maximum Gasteiger partial charge on any atom is 0.288 e. The molecule has 2 rings (SSSR count). The lowest BCUT2D eigenvalue weighted by molar-refractivity contribution is -0.385. The molecular formula is C12H15N5O4. The van der Waals surface area contributed by atoms with Crippen LogP contribution in [0, 0.1) is 10.1 Å². The van der Waals surface area contributed by atoms with Crippen molar-refractivity contribution in [3.05, 3.63) is 27.9 Å². The van der Waals surface area contributed by atoms with Gasteiger partial charge in [-0.3, -0.25) is 19.7 Å². The number of likely N-dealkylation sites (tertiary alicyclic amines) is 1. The number of primary amides is 1. The number of hydrogen-bond donors (Lipinski definition) is 2. The van der Waals surface area contributed by atoms with Crippen molar-refractivity contribution in [2.24, 2.45) is 5.73 Å². The molecule has 0 bridgehead atoms. The molecule has 1 saturated heterocycles. The zero-order valence-electron chi connectivity index (χ0n) is 11.4. The number of nitrogens with zero attached hydrogens (tertiary/aromatic N) is 3. The van der Waals surface area contributed by atoms with Crippen molar-refractivity contribution in [2.45, 2.75) is 18.9 Å². The van der Waals surface area contributed by atoms with Gasteiger partial charge < -0.3 is 16.0 Å². The number of pyridine rings is 1. The van der Waals surface area contributed by atoms with E-state index in [4.69, 9.17) is 5.73 Å². The van der Waals surface area contributed by atoms with Crippen molar-refractivity contribution >= 4 is 23.3 Å². The summed E-state index contributed by atoms with van der Waals surface area (Å²) in [6, 6.07) is 0.898. The fourth-order valence-electron chi connectivity index (χ4n) is 2.12. The summed E-state index contributed by atoms with van der Waals surface area (Å²) in [5.41, 5.74) is 4.85. The lowest BCUT2D eigenvalue weighted by atomic mass is 10.0. The molecule has 1 aromatic rings. The molecule has 1 atom stereocenters. The molecule has 1 aromatic heterocycles. The minimum Gasteiger partial charge on any atom is -0.366 e. The second-order valence-corrected chi connectivity index (χ2v) is 4.86. The largest absolute Gasteiger partial charge is 0.366 e. The number of carbonyl (C=O) groups excluding carboxylic acids is 2. The molecule has 0 aliphatic carbocycles. The number of aromatic nitrogens is 1. The van der Waals surface area contributed by atoms with Crippen LogP contribution < -0.4 is 11.1 Å². The molecule has 0 aromatic carbocycles. The minimum atomic E-state index is -0.812. The van der Waals surface area contributed by atoms with Crippen LogP contribution in [0.3, 0.4) is 0 Å². The van der Waals surface area contributed by atoms with Crippen LogP contribution in [0.4, 0.5) is 11.5 Å². The molecule has 0 radical (unpaired) electrons. The highest BCUT2D eigenvalue weighted by molar-refractivity contribution is 5.98. The molecule has 3 N–H and O–H groups in total. The standard InChI is InChI=1S/C12H15N5O4/c1-16-3-2-7(4-10(16)18)15-12-9(11(13)19)5-8(6-14-12)17(20)21/h5-7H,2-4H2,1H3,(H2,13,19)(H,14,15). The van der Waals surface area contributed by atoms with Crippen LogP contribution in [-0.2, 0) is 4.79 Å². The Morgan fingerprint density at radius 1 is 1.62 bits per heavy atom. The van der Waals surface area contributed by atoms with Crippen molar-refractivity contribution in [1.29, 1.82) is 0 Å². The summed E-state index contributed by atoms with van der Waals surface area (Å²) in [6.45, 7) is 0.593. The Kier molecular flexibility index (Phi) is 4.01. The van der Waals surface area contributed by atoms with Gasteiger partial charge in [0.05, 0.1) is 10.5 Å². The summed E-state index contributed by atoms with van der Waals surface area (Å²) in [5, 5.41) is 13.7. The molecule has 112 valence electrons. The molecule has 1 fully saturated rings. The third-order valence-electron chi connectivity index (χ3n) is 3.35. The van der Waals surface area contributed by atoms with Crippen molar-refractivity contribution in [2.75, 3.05) is 18.9 Å². The van der Waals surface area contributed by atoms with Crippen LogP contribution in [0.2, 0.25) is 0 Å². The number of nitrogens with one attached hydrogen (secondary N) is 1. The number of rotatable bonds is 4. The molecule has 9 heteroatoms. The average Bonchev–Trinajstić information content (AvgIpc) is 2.43. The van der Waals surface area contributed by atoms with E-state index in [-0.39, 0.29) is 35.4 Å². The molecule has 1 aliphatic heterocycles. The zero-order valence-corrected chi connectivity index (χ0v) is 11.4. The molecule has 2 amide bonds. The molecule has 1 unspecified atom stereocenters. The summed E-state index contributed by atoms with van der Waals surface area (Å²) in [6.07, 6.45) is 2.01. The fourth-order valence-corrected chi connectivity index (χ4v) is 2.12. The van der Waals surface area contributed by atoms with Crippen LogP contribution in [0.1, 0.15) is 23.2 Å². The van der Waals surface area contributed by atoms with Crippen LogP contribution >= 0.6 is 0 Å². The number of carbonyl (C=O) groups is 2. The number of amides is 2. The van der Waals surface area contributed by atoms with Crippen molar-refractivity contribution in [1.82, 2.24) is 9.88 Å². The zero-order chi connectivity index (χ0) is 15.6. The van der Waals surface area contributed by atoms with Crippen molar-refractivity contribution in [3.63, 3.8) is 0 Å². The highest BCUT2D eigenvalue weighted by Gasteiger charge is 2.25. The Morgan fingerprint density at radius 2 is 2.33 bits per heavy atom. The Morgan fingerprint density at radius 3 is 2.90 bits per heavy atom. The van der Waals surface area contributed by atoms with Gasteiger partial charge in [-0.15, -0.1) is 0 Å². The predicted molar refractivity (Wildman–Crippen MR) is 73.7 cm³/mol. The molecule has 0 spiro atoms. The molecule has 1 aliphatic rings. The lowest BCUT2D eigenvalue weighted by Gasteiger charge is -2.29. The maximum absolute atomic E-state index is 11.6. The molecular weight excluding hydrogens is 278 g/mol. The second-order valence-electron chi connectivity index (χ2n) is 4.86. The maximum atomic E-state index is 11.6.